The van der Waals surface area contributed by atoms with E-state index in [1.54, 1.807) is 6.92 Å². The predicted octanol–water partition coefficient (Wildman–Crippen LogP) is -0.643. The summed E-state index contributed by atoms with van der Waals surface area (Å²) in [6.07, 6.45) is 5.55. The molecule has 70 valence electrons. The quantitative estimate of drug-likeness (QED) is 0.545. The lowest BCUT2D eigenvalue weighted by molar-refractivity contribution is -0.140. The highest BCUT2D eigenvalue weighted by Gasteiger charge is 2.30. The molecule has 1 fully saturated rings. The van der Waals surface area contributed by atoms with Gasteiger partial charge >= 0.3 is 0 Å². The molecule has 0 radical (unpaired) electrons. The Labute approximate surface area is 77.3 Å². The molecule has 1 saturated heterocycles. The molecule has 0 bridgehead atoms. The fourth-order valence-electron chi connectivity index (χ4n) is 1.30. The van der Waals surface area contributed by atoms with Crippen LogP contribution in [0.4, 0.5) is 0 Å². The molecule has 0 aromatic heterocycles. The Morgan fingerprint density at radius 2 is 2.54 bits per heavy atom. The first-order chi connectivity index (χ1) is 6.20. The number of nitrogens with zero attached hydrogens (tertiary/aromatic N) is 1. The first-order valence-electron chi connectivity index (χ1n) is 4.24. The molecular formula is C9H12N2O2. The van der Waals surface area contributed by atoms with Crippen LogP contribution in [0.25, 0.3) is 0 Å². The maximum atomic E-state index is 11.3. The summed E-state index contributed by atoms with van der Waals surface area (Å²) in [6.45, 7) is 2.75. The topological polar surface area (TPSA) is 49.4 Å². The lowest BCUT2D eigenvalue weighted by Crippen LogP contribution is -2.56. The second kappa shape index (κ2) is 3.94. The summed E-state index contributed by atoms with van der Waals surface area (Å²) < 4.78 is 0. The van der Waals surface area contributed by atoms with Crippen LogP contribution in [0.2, 0.25) is 0 Å². The molecule has 1 aliphatic heterocycles. The van der Waals surface area contributed by atoms with Gasteiger partial charge < -0.3 is 10.2 Å². The van der Waals surface area contributed by atoms with Crippen molar-refractivity contribution in [2.45, 2.75) is 19.4 Å². The highest BCUT2D eigenvalue weighted by atomic mass is 16.2. The summed E-state index contributed by atoms with van der Waals surface area (Å²) in [6, 6.07) is -0.721. The van der Waals surface area contributed by atoms with Crippen LogP contribution < -0.4 is 5.32 Å². The summed E-state index contributed by atoms with van der Waals surface area (Å²) in [5.41, 5.74) is 0. The molecule has 0 aliphatic carbocycles. The monoisotopic (exact) mass is 180 g/mol. The molecule has 0 saturated carbocycles. The molecule has 1 atom stereocenters. The zero-order valence-corrected chi connectivity index (χ0v) is 7.54. The van der Waals surface area contributed by atoms with Crippen LogP contribution in [0, 0.1) is 12.3 Å². The Balaban J connectivity index is 2.77. The Morgan fingerprint density at radius 3 is 3.08 bits per heavy atom. The van der Waals surface area contributed by atoms with Crippen LogP contribution in [0.15, 0.2) is 0 Å². The summed E-state index contributed by atoms with van der Waals surface area (Å²) in [7, 11) is 0. The number of hydrogen-bond donors (Lipinski definition) is 1. The number of carbonyl (C=O) groups excluding carboxylic acids is 2. The van der Waals surface area contributed by atoms with Crippen molar-refractivity contribution < 1.29 is 9.59 Å². The summed E-state index contributed by atoms with van der Waals surface area (Å²) in [5.74, 6) is 1.99. The van der Waals surface area contributed by atoms with Gasteiger partial charge in [-0.15, -0.1) is 6.42 Å². The lowest BCUT2D eigenvalue weighted by atomic mass is 10.2. The highest BCUT2D eigenvalue weighted by molar-refractivity contribution is 5.91. The van der Waals surface area contributed by atoms with Gasteiger partial charge in [0.2, 0.25) is 5.91 Å². The molecule has 1 N–H and O–H groups in total. The number of terminal acetylenes is 1. The summed E-state index contributed by atoms with van der Waals surface area (Å²) in [5, 5.41) is 2.62. The van der Waals surface area contributed by atoms with E-state index in [0.717, 1.165) is 0 Å². The van der Waals surface area contributed by atoms with E-state index < -0.39 is 6.04 Å². The standard InChI is InChI=1S/C9H12N2O2/c1-3-7-9(13)10-5-6-11(7)8(12)4-2/h1,7H,4-6H2,2H3,(H,10,13)/t7-/m0/s1. The average Bonchev–Trinajstić information content (AvgIpc) is 2.16. The Kier molecular flexibility index (Phi) is 2.91. The van der Waals surface area contributed by atoms with Crippen molar-refractivity contribution in [3.8, 4) is 12.3 Å². The average molecular weight is 180 g/mol. The minimum absolute atomic E-state index is 0.0715. The molecule has 4 nitrogen and oxygen atoms in total. The molecule has 0 unspecified atom stereocenters. The SMILES string of the molecule is C#C[C@H]1C(=O)NCCN1C(=O)CC. The van der Waals surface area contributed by atoms with Crippen molar-refractivity contribution in [3.05, 3.63) is 0 Å². The maximum absolute atomic E-state index is 11.3. The summed E-state index contributed by atoms with van der Waals surface area (Å²) >= 11 is 0. The van der Waals surface area contributed by atoms with Crippen LogP contribution in [-0.2, 0) is 9.59 Å². The molecule has 1 rings (SSSR count). The minimum atomic E-state index is -0.721. The van der Waals surface area contributed by atoms with Gasteiger partial charge in [-0.2, -0.15) is 0 Å². The van der Waals surface area contributed by atoms with Crippen LogP contribution in [0.3, 0.4) is 0 Å². The van der Waals surface area contributed by atoms with Crippen molar-refractivity contribution in [3.63, 3.8) is 0 Å². The first kappa shape index (κ1) is 9.59. The molecule has 13 heavy (non-hydrogen) atoms. The molecule has 1 heterocycles. The molecule has 0 aromatic rings. The molecule has 4 heteroatoms. The van der Waals surface area contributed by atoms with Gasteiger partial charge in [-0.3, -0.25) is 9.59 Å². The molecule has 1 aliphatic rings. The fourth-order valence-corrected chi connectivity index (χ4v) is 1.30. The summed E-state index contributed by atoms with van der Waals surface area (Å²) in [4.78, 5) is 24.0. The van der Waals surface area contributed by atoms with E-state index >= 15 is 0 Å². The second-order valence-electron chi connectivity index (χ2n) is 2.80. The third kappa shape index (κ3) is 1.81. The van der Waals surface area contributed by atoms with E-state index in [9.17, 15) is 9.59 Å². The van der Waals surface area contributed by atoms with Gasteiger partial charge in [-0.25, -0.2) is 0 Å². The van der Waals surface area contributed by atoms with Crippen molar-refractivity contribution in [2.24, 2.45) is 0 Å². The van der Waals surface area contributed by atoms with Gasteiger partial charge in [-0.1, -0.05) is 12.8 Å². The van der Waals surface area contributed by atoms with Crippen LogP contribution in [0.5, 0.6) is 0 Å². The van der Waals surface area contributed by atoms with Crippen molar-refractivity contribution >= 4 is 11.8 Å². The molecule has 0 aromatic carbocycles. The smallest absolute Gasteiger partial charge is 0.255 e. The van der Waals surface area contributed by atoms with Gasteiger partial charge in [0.1, 0.15) is 0 Å². The molecule has 2 amide bonds. The third-order valence-electron chi connectivity index (χ3n) is 1.99. The van der Waals surface area contributed by atoms with E-state index in [1.807, 2.05) is 0 Å². The van der Waals surface area contributed by atoms with Crippen molar-refractivity contribution in [1.82, 2.24) is 10.2 Å². The van der Waals surface area contributed by atoms with E-state index in [4.69, 9.17) is 6.42 Å². The second-order valence-corrected chi connectivity index (χ2v) is 2.80. The number of amides is 2. The third-order valence-corrected chi connectivity index (χ3v) is 1.99. The molecule has 0 spiro atoms. The normalized spacial score (nSPS) is 22.0. The number of carbonyl (C=O) groups is 2. The zero-order chi connectivity index (χ0) is 9.84. The van der Waals surface area contributed by atoms with Gasteiger partial charge in [0.25, 0.3) is 5.91 Å². The Bertz CT molecular complexity index is 267. The number of rotatable bonds is 1. The van der Waals surface area contributed by atoms with Gasteiger partial charge in [0, 0.05) is 19.5 Å². The minimum Gasteiger partial charge on any atom is -0.352 e. The van der Waals surface area contributed by atoms with Crippen LogP contribution in [0.1, 0.15) is 13.3 Å². The maximum Gasteiger partial charge on any atom is 0.255 e. The van der Waals surface area contributed by atoms with Crippen molar-refractivity contribution in [1.29, 1.82) is 0 Å². The first-order valence-corrected chi connectivity index (χ1v) is 4.24. The molecular weight excluding hydrogens is 168 g/mol. The van der Waals surface area contributed by atoms with Crippen molar-refractivity contribution in [2.75, 3.05) is 13.1 Å². The Hall–Kier alpha value is -1.50. The van der Waals surface area contributed by atoms with E-state index in [2.05, 4.69) is 11.2 Å². The van der Waals surface area contributed by atoms with Gasteiger partial charge in [0.05, 0.1) is 0 Å². The Morgan fingerprint density at radius 1 is 1.85 bits per heavy atom. The number of hydrogen-bond acceptors (Lipinski definition) is 2. The van der Waals surface area contributed by atoms with Crippen LogP contribution >= 0.6 is 0 Å². The van der Waals surface area contributed by atoms with E-state index in [1.165, 1.54) is 4.90 Å². The lowest BCUT2D eigenvalue weighted by Gasteiger charge is -2.31. The highest BCUT2D eigenvalue weighted by Crippen LogP contribution is 2.05. The number of nitrogens with one attached hydrogen (secondary N) is 1. The zero-order valence-electron chi connectivity index (χ0n) is 7.54. The van der Waals surface area contributed by atoms with E-state index in [0.29, 0.717) is 19.5 Å². The number of piperazine rings is 1. The predicted molar refractivity (Wildman–Crippen MR) is 47.6 cm³/mol. The van der Waals surface area contributed by atoms with Gasteiger partial charge in [-0.05, 0) is 0 Å². The fraction of sp³-hybridized carbons (Fsp3) is 0.556. The van der Waals surface area contributed by atoms with Crippen LogP contribution in [-0.4, -0.2) is 35.8 Å². The van der Waals surface area contributed by atoms with E-state index in [-0.39, 0.29) is 11.8 Å². The van der Waals surface area contributed by atoms with Gasteiger partial charge in [0.15, 0.2) is 6.04 Å². The largest absolute Gasteiger partial charge is 0.352 e.